The molecule has 1 aromatic carbocycles. The van der Waals surface area contributed by atoms with E-state index in [-0.39, 0.29) is 6.04 Å². The van der Waals surface area contributed by atoms with Crippen molar-refractivity contribution in [2.45, 2.75) is 32.2 Å². The zero-order chi connectivity index (χ0) is 13.4. The molecule has 0 saturated heterocycles. The highest BCUT2D eigenvalue weighted by Crippen LogP contribution is 2.34. The van der Waals surface area contributed by atoms with Crippen molar-refractivity contribution in [3.63, 3.8) is 0 Å². The largest absolute Gasteiger partial charge is 0.307 e. The second-order valence-electron chi connectivity index (χ2n) is 5.01. The first-order valence-electron chi connectivity index (χ1n) is 6.61. The van der Waals surface area contributed by atoms with Gasteiger partial charge in [0.1, 0.15) is 5.01 Å². The Kier molecular flexibility index (Phi) is 3.61. The summed E-state index contributed by atoms with van der Waals surface area (Å²) in [5.41, 5.74) is 3.60. The molecule has 0 aliphatic heterocycles. The van der Waals surface area contributed by atoms with Gasteiger partial charge >= 0.3 is 0 Å². The summed E-state index contributed by atoms with van der Waals surface area (Å²) in [6, 6.07) is 6.40. The molecule has 19 heavy (non-hydrogen) atoms. The van der Waals surface area contributed by atoms with E-state index >= 15 is 0 Å². The molecular formula is C15H17ClN2S. The average Bonchev–Trinajstić information content (AvgIpc) is 2.95. The summed E-state index contributed by atoms with van der Waals surface area (Å²) in [5, 5.41) is 5.34. The molecule has 1 aliphatic rings. The van der Waals surface area contributed by atoms with Gasteiger partial charge in [0, 0.05) is 9.90 Å². The molecule has 0 radical (unpaired) electrons. The van der Waals surface area contributed by atoms with Gasteiger partial charge in [0.05, 0.1) is 11.7 Å². The van der Waals surface area contributed by atoms with Crippen LogP contribution in [0, 0.1) is 6.92 Å². The van der Waals surface area contributed by atoms with Crippen LogP contribution in [0.25, 0.3) is 0 Å². The first-order chi connectivity index (χ1) is 9.19. The van der Waals surface area contributed by atoms with Gasteiger partial charge in [-0.15, -0.1) is 11.3 Å². The molecule has 0 saturated carbocycles. The summed E-state index contributed by atoms with van der Waals surface area (Å²) >= 11 is 8.08. The molecule has 2 aromatic rings. The Balaban J connectivity index is 1.96. The van der Waals surface area contributed by atoms with Gasteiger partial charge in [-0.3, -0.25) is 0 Å². The minimum Gasteiger partial charge on any atom is -0.307 e. The molecule has 1 aliphatic carbocycles. The number of thiazole rings is 1. The van der Waals surface area contributed by atoms with E-state index in [9.17, 15) is 0 Å². The average molecular weight is 293 g/mol. The summed E-state index contributed by atoms with van der Waals surface area (Å²) in [6.45, 7) is 2.03. The van der Waals surface area contributed by atoms with E-state index in [0.29, 0.717) is 0 Å². The molecule has 0 spiro atoms. The molecule has 4 heteroatoms. The van der Waals surface area contributed by atoms with E-state index in [2.05, 4.69) is 17.4 Å². The molecule has 0 fully saturated rings. The predicted molar refractivity (Wildman–Crippen MR) is 81.2 cm³/mol. The summed E-state index contributed by atoms with van der Waals surface area (Å²) < 4.78 is 0. The number of hydrogen-bond acceptors (Lipinski definition) is 3. The van der Waals surface area contributed by atoms with Crippen LogP contribution in [0.5, 0.6) is 0 Å². The molecule has 2 nitrogen and oxygen atoms in total. The second-order valence-corrected chi connectivity index (χ2v) is 6.53. The fraction of sp³-hybridized carbons (Fsp3) is 0.400. The zero-order valence-corrected chi connectivity index (χ0v) is 12.7. The normalized spacial score (nSPS) is 15.5. The van der Waals surface area contributed by atoms with Gasteiger partial charge in [0.15, 0.2) is 0 Å². The molecular weight excluding hydrogens is 276 g/mol. The van der Waals surface area contributed by atoms with Crippen LogP contribution >= 0.6 is 22.9 Å². The third-order valence-electron chi connectivity index (χ3n) is 3.68. The molecule has 100 valence electrons. The lowest BCUT2D eigenvalue weighted by molar-refractivity contribution is 0.682. The van der Waals surface area contributed by atoms with E-state index in [0.717, 1.165) is 22.0 Å². The van der Waals surface area contributed by atoms with Crippen molar-refractivity contribution in [1.82, 2.24) is 10.3 Å². The Bertz CT molecular complexity index is 585. The Labute approximate surface area is 122 Å². The molecule has 0 bridgehead atoms. The van der Waals surface area contributed by atoms with Crippen molar-refractivity contribution in [2.75, 3.05) is 7.05 Å². The van der Waals surface area contributed by atoms with Crippen molar-refractivity contribution in [2.24, 2.45) is 0 Å². The van der Waals surface area contributed by atoms with Gasteiger partial charge in [-0.05, 0) is 50.4 Å². The van der Waals surface area contributed by atoms with E-state index in [4.69, 9.17) is 16.6 Å². The minimum absolute atomic E-state index is 0.147. The van der Waals surface area contributed by atoms with E-state index in [1.54, 1.807) is 0 Å². The topological polar surface area (TPSA) is 24.9 Å². The van der Waals surface area contributed by atoms with Gasteiger partial charge in [0.2, 0.25) is 0 Å². The third kappa shape index (κ3) is 2.42. The Morgan fingerprint density at radius 3 is 2.89 bits per heavy atom. The fourth-order valence-electron chi connectivity index (χ4n) is 2.56. The maximum atomic E-state index is 6.23. The number of nitrogens with one attached hydrogen (secondary N) is 1. The van der Waals surface area contributed by atoms with Crippen LogP contribution in [0.15, 0.2) is 18.2 Å². The monoisotopic (exact) mass is 292 g/mol. The number of halogens is 1. The van der Waals surface area contributed by atoms with Gasteiger partial charge in [-0.1, -0.05) is 23.7 Å². The Morgan fingerprint density at radius 1 is 1.37 bits per heavy atom. The number of hydrogen-bond donors (Lipinski definition) is 1. The molecule has 1 unspecified atom stereocenters. The molecule has 1 heterocycles. The van der Waals surface area contributed by atoms with Crippen LogP contribution in [0.3, 0.4) is 0 Å². The molecule has 1 aromatic heterocycles. The summed E-state index contributed by atoms with van der Waals surface area (Å²) in [4.78, 5) is 6.27. The lowest BCUT2D eigenvalue weighted by Gasteiger charge is -2.15. The van der Waals surface area contributed by atoms with Crippen molar-refractivity contribution in [3.05, 3.63) is 49.9 Å². The van der Waals surface area contributed by atoms with Gasteiger partial charge in [0.25, 0.3) is 0 Å². The molecule has 1 atom stereocenters. The maximum absolute atomic E-state index is 6.23. The van der Waals surface area contributed by atoms with E-state index < -0.39 is 0 Å². The molecule has 1 N–H and O–H groups in total. The number of benzene rings is 1. The highest BCUT2D eigenvalue weighted by atomic mass is 35.5. The van der Waals surface area contributed by atoms with Crippen LogP contribution in [-0.2, 0) is 12.8 Å². The second kappa shape index (κ2) is 5.23. The quantitative estimate of drug-likeness (QED) is 0.928. The standard InChI is InChI=1S/C15H17ClN2S/c1-9-6-7-10(8-11(9)16)14(17-2)15-18-12-4-3-5-13(12)19-15/h6-8,14,17H,3-5H2,1-2H3. The number of aryl methyl sites for hydroxylation is 3. The smallest absolute Gasteiger partial charge is 0.115 e. The van der Waals surface area contributed by atoms with E-state index in [1.165, 1.54) is 29.0 Å². The summed E-state index contributed by atoms with van der Waals surface area (Å²) in [5.74, 6) is 0. The van der Waals surface area contributed by atoms with Crippen LogP contribution < -0.4 is 5.32 Å². The fourth-order valence-corrected chi connectivity index (χ4v) is 4.04. The lowest BCUT2D eigenvalue weighted by atomic mass is 10.1. The first-order valence-corrected chi connectivity index (χ1v) is 7.80. The Morgan fingerprint density at radius 2 is 2.21 bits per heavy atom. The van der Waals surface area contributed by atoms with Crippen LogP contribution in [0.2, 0.25) is 5.02 Å². The summed E-state index contributed by atoms with van der Waals surface area (Å²) in [6.07, 6.45) is 3.59. The summed E-state index contributed by atoms with van der Waals surface area (Å²) in [7, 11) is 1.98. The molecule has 0 amide bonds. The Hall–Kier alpha value is -0.900. The maximum Gasteiger partial charge on any atom is 0.115 e. The number of nitrogens with zero attached hydrogens (tertiary/aromatic N) is 1. The van der Waals surface area contributed by atoms with Crippen LogP contribution in [0.1, 0.15) is 39.2 Å². The number of aromatic nitrogens is 1. The van der Waals surface area contributed by atoms with Crippen LogP contribution in [-0.4, -0.2) is 12.0 Å². The predicted octanol–water partition coefficient (Wildman–Crippen LogP) is 3.90. The minimum atomic E-state index is 0.147. The van der Waals surface area contributed by atoms with Gasteiger partial charge < -0.3 is 5.32 Å². The zero-order valence-electron chi connectivity index (χ0n) is 11.2. The number of rotatable bonds is 3. The van der Waals surface area contributed by atoms with Crippen molar-refractivity contribution >= 4 is 22.9 Å². The highest BCUT2D eigenvalue weighted by Gasteiger charge is 2.22. The SMILES string of the molecule is CNC(c1ccc(C)c(Cl)c1)c1nc2c(s1)CCC2. The lowest BCUT2D eigenvalue weighted by Crippen LogP contribution is -2.17. The first kappa shape index (κ1) is 13.1. The third-order valence-corrected chi connectivity index (χ3v) is 5.31. The highest BCUT2D eigenvalue weighted by molar-refractivity contribution is 7.11. The van der Waals surface area contributed by atoms with Gasteiger partial charge in [-0.2, -0.15) is 0 Å². The molecule has 3 rings (SSSR count). The van der Waals surface area contributed by atoms with Crippen LogP contribution in [0.4, 0.5) is 0 Å². The number of fused-ring (bicyclic) bond motifs is 1. The van der Waals surface area contributed by atoms with Crippen molar-refractivity contribution < 1.29 is 0 Å². The van der Waals surface area contributed by atoms with Crippen molar-refractivity contribution in [1.29, 1.82) is 0 Å². The van der Waals surface area contributed by atoms with Gasteiger partial charge in [-0.25, -0.2) is 4.98 Å². The van der Waals surface area contributed by atoms with E-state index in [1.807, 2.05) is 31.4 Å². The van der Waals surface area contributed by atoms with Crippen molar-refractivity contribution in [3.8, 4) is 0 Å².